The van der Waals surface area contributed by atoms with Gasteiger partial charge in [-0.05, 0) is 49.6 Å². The Balaban J connectivity index is 1.36. The van der Waals surface area contributed by atoms with E-state index in [4.69, 9.17) is 25.7 Å². The molecule has 0 fully saturated rings. The van der Waals surface area contributed by atoms with Crippen molar-refractivity contribution in [2.75, 3.05) is 0 Å². The number of esters is 1. The van der Waals surface area contributed by atoms with Crippen LogP contribution >= 0.6 is 22.9 Å². The van der Waals surface area contributed by atoms with Crippen LogP contribution in [0.2, 0.25) is 5.02 Å². The lowest BCUT2D eigenvalue weighted by molar-refractivity contribution is 0.0444. The number of carbonyl (C=O) groups is 1. The van der Waals surface area contributed by atoms with Crippen molar-refractivity contribution in [3.63, 3.8) is 0 Å². The molecule has 0 saturated heterocycles. The number of rotatable bonds is 4. The molecule has 0 spiro atoms. The van der Waals surface area contributed by atoms with Crippen LogP contribution in [0.4, 0.5) is 0 Å². The van der Waals surface area contributed by atoms with Gasteiger partial charge in [0.25, 0.3) is 5.56 Å². The molecule has 0 radical (unpaired) electrons. The predicted octanol–water partition coefficient (Wildman–Crippen LogP) is 5.16. The van der Waals surface area contributed by atoms with Gasteiger partial charge in [-0.25, -0.2) is 14.8 Å². The quantitative estimate of drug-likeness (QED) is 0.384. The second-order valence-electron chi connectivity index (χ2n) is 7.73. The van der Waals surface area contributed by atoms with Crippen LogP contribution in [-0.2, 0) is 24.3 Å². The fourth-order valence-electron chi connectivity index (χ4n) is 3.92. The summed E-state index contributed by atoms with van der Waals surface area (Å²) in [5.74, 6) is 1.13. The summed E-state index contributed by atoms with van der Waals surface area (Å²) >= 11 is 7.12. The van der Waals surface area contributed by atoms with Gasteiger partial charge < -0.3 is 9.15 Å². The molecule has 0 N–H and O–H groups in total. The van der Waals surface area contributed by atoms with E-state index >= 15 is 0 Å². The van der Waals surface area contributed by atoms with Crippen molar-refractivity contribution < 1.29 is 13.9 Å². The van der Waals surface area contributed by atoms with E-state index in [0.29, 0.717) is 38.0 Å². The van der Waals surface area contributed by atoms with Gasteiger partial charge in [-0.15, -0.1) is 11.3 Å². The summed E-state index contributed by atoms with van der Waals surface area (Å²) in [5.41, 5.74) is 1.37. The molecule has 3 aromatic heterocycles. The molecule has 0 saturated carbocycles. The summed E-state index contributed by atoms with van der Waals surface area (Å²) in [6.07, 6.45) is 5.43. The van der Waals surface area contributed by atoms with Gasteiger partial charge in [0.05, 0.1) is 11.6 Å². The number of nitrogens with zero attached hydrogens (tertiary/aromatic N) is 3. The summed E-state index contributed by atoms with van der Waals surface area (Å²) in [5, 5.41) is 1.14. The van der Waals surface area contributed by atoms with E-state index in [1.807, 2.05) is 12.1 Å². The Kier molecular flexibility index (Phi) is 5.57. The van der Waals surface area contributed by atoms with Crippen molar-refractivity contribution in [1.29, 1.82) is 0 Å². The molecule has 1 aromatic carbocycles. The predicted molar refractivity (Wildman–Crippen MR) is 122 cm³/mol. The van der Waals surface area contributed by atoms with Gasteiger partial charge in [0, 0.05) is 23.6 Å². The Morgan fingerprint density at radius 3 is 2.88 bits per heavy atom. The zero-order valence-electron chi connectivity index (χ0n) is 17.4. The standard InChI is InChI=1S/C23H20ClN3O4S/c1-13-19-21(26-17-5-3-2-4-10-27(17)22(19)28)32-20(13)23(29)30-12-18-25-11-16(31-18)14-6-8-15(24)9-7-14/h6-9,11H,2-5,10,12H2,1H3. The molecule has 32 heavy (non-hydrogen) atoms. The molecule has 4 aromatic rings. The number of oxazole rings is 1. The van der Waals surface area contributed by atoms with E-state index < -0.39 is 5.97 Å². The van der Waals surface area contributed by atoms with Crippen molar-refractivity contribution in [3.8, 4) is 11.3 Å². The van der Waals surface area contributed by atoms with Crippen LogP contribution in [0.5, 0.6) is 0 Å². The number of carbonyl (C=O) groups excluding carboxylic acids is 1. The summed E-state index contributed by atoms with van der Waals surface area (Å²) in [6, 6.07) is 7.18. The maximum Gasteiger partial charge on any atom is 0.349 e. The average Bonchev–Trinajstić information content (AvgIpc) is 3.30. The molecular formula is C23H20ClN3O4S. The van der Waals surface area contributed by atoms with Crippen molar-refractivity contribution in [2.24, 2.45) is 0 Å². The fraction of sp³-hybridized carbons (Fsp3) is 0.304. The number of thiophene rings is 1. The fourth-order valence-corrected chi connectivity index (χ4v) is 5.13. The molecular weight excluding hydrogens is 450 g/mol. The number of aryl methyl sites for hydroxylation is 2. The largest absolute Gasteiger partial charge is 0.451 e. The van der Waals surface area contributed by atoms with E-state index in [9.17, 15) is 9.59 Å². The summed E-state index contributed by atoms with van der Waals surface area (Å²) in [7, 11) is 0. The Hall–Kier alpha value is -2.97. The molecule has 4 heterocycles. The van der Waals surface area contributed by atoms with Crippen LogP contribution in [0.1, 0.15) is 46.2 Å². The van der Waals surface area contributed by atoms with Crippen molar-refractivity contribution >= 4 is 39.1 Å². The molecule has 5 rings (SSSR count). The van der Waals surface area contributed by atoms with Crippen molar-refractivity contribution in [1.82, 2.24) is 14.5 Å². The Bertz CT molecular complexity index is 1370. The van der Waals surface area contributed by atoms with E-state index in [2.05, 4.69) is 4.98 Å². The van der Waals surface area contributed by atoms with Gasteiger partial charge in [0.15, 0.2) is 12.4 Å². The maximum absolute atomic E-state index is 13.1. The highest BCUT2D eigenvalue weighted by Gasteiger charge is 2.23. The minimum Gasteiger partial charge on any atom is -0.451 e. The van der Waals surface area contributed by atoms with E-state index in [0.717, 1.165) is 37.1 Å². The molecule has 0 bridgehead atoms. The molecule has 9 heteroatoms. The van der Waals surface area contributed by atoms with E-state index in [1.54, 1.807) is 29.8 Å². The number of halogens is 1. The van der Waals surface area contributed by atoms with Gasteiger partial charge in [-0.1, -0.05) is 18.0 Å². The zero-order chi connectivity index (χ0) is 22.2. The highest BCUT2D eigenvalue weighted by atomic mass is 35.5. The second kappa shape index (κ2) is 8.52. The van der Waals surface area contributed by atoms with Crippen LogP contribution in [0.25, 0.3) is 21.5 Å². The number of ether oxygens (including phenoxy) is 1. The van der Waals surface area contributed by atoms with Crippen molar-refractivity contribution in [2.45, 2.75) is 45.8 Å². The van der Waals surface area contributed by atoms with E-state index in [-0.39, 0.29) is 18.1 Å². The molecule has 1 aliphatic heterocycles. The Labute approximate surface area is 192 Å². The first kappa shape index (κ1) is 20.9. The van der Waals surface area contributed by atoms with Crippen molar-refractivity contribution in [3.05, 3.63) is 68.0 Å². The lowest BCUT2D eigenvalue weighted by Crippen LogP contribution is -2.24. The van der Waals surface area contributed by atoms with Gasteiger partial charge >= 0.3 is 5.97 Å². The SMILES string of the molecule is Cc1c(C(=O)OCc2ncc(-c3ccc(Cl)cc3)o2)sc2nc3n(c(=O)c12)CCCCC3. The summed E-state index contributed by atoms with van der Waals surface area (Å²) in [4.78, 5) is 35.7. The van der Waals surface area contributed by atoms with Crippen LogP contribution in [0.15, 0.2) is 39.7 Å². The highest BCUT2D eigenvalue weighted by molar-refractivity contribution is 7.20. The Morgan fingerprint density at radius 1 is 1.25 bits per heavy atom. The normalized spacial score (nSPS) is 13.7. The number of benzene rings is 1. The Morgan fingerprint density at radius 2 is 2.06 bits per heavy atom. The summed E-state index contributed by atoms with van der Waals surface area (Å²) < 4.78 is 12.9. The monoisotopic (exact) mass is 469 g/mol. The van der Waals surface area contributed by atoms with Crippen LogP contribution in [0, 0.1) is 6.92 Å². The topological polar surface area (TPSA) is 87.2 Å². The third-order valence-corrected chi connectivity index (χ3v) is 7.02. The van der Waals surface area contributed by atoms with Gasteiger partial charge in [0.1, 0.15) is 15.5 Å². The molecule has 0 aliphatic carbocycles. The van der Waals surface area contributed by atoms with Crippen LogP contribution < -0.4 is 5.56 Å². The first-order valence-corrected chi connectivity index (χ1v) is 11.6. The van der Waals surface area contributed by atoms with Crippen LogP contribution in [-0.4, -0.2) is 20.5 Å². The molecule has 0 atom stereocenters. The van der Waals surface area contributed by atoms with Gasteiger partial charge in [-0.3, -0.25) is 9.36 Å². The highest BCUT2D eigenvalue weighted by Crippen LogP contribution is 2.29. The van der Waals surface area contributed by atoms with Gasteiger partial charge in [-0.2, -0.15) is 0 Å². The lowest BCUT2D eigenvalue weighted by Gasteiger charge is -2.08. The molecule has 164 valence electrons. The first-order valence-electron chi connectivity index (χ1n) is 10.4. The molecule has 7 nitrogen and oxygen atoms in total. The minimum atomic E-state index is -0.517. The van der Waals surface area contributed by atoms with E-state index in [1.165, 1.54) is 11.3 Å². The average molecular weight is 470 g/mol. The number of fused-ring (bicyclic) bond motifs is 2. The second-order valence-corrected chi connectivity index (χ2v) is 9.17. The maximum atomic E-state index is 13.1. The molecule has 1 aliphatic rings. The molecule has 0 amide bonds. The van der Waals surface area contributed by atoms with Gasteiger partial charge in [0.2, 0.25) is 5.89 Å². The molecule has 0 unspecified atom stereocenters. The number of hydrogen-bond acceptors (Lipinski definition) is 7. The smallest absolute Gasteiger partial charge is 0.349 e. The zero-order valence-corrected chi connectivity index (χ0v) is 19.0. The summed E-state index contributed by atoms with van der Waals surface area (Å²) in [6.45, 7) is 2.33. The lowest BCUT2D eigenvalue weighted by atomic mass is 10.2. The number of aromatic nitrogens is 3. The first-order chi connectivity index (χ1) is 15.5. The van der Waals surface area contributed by atoms with Crippen LogP contribution in [0.3, 0.4) is 0 Å². The third kappa shape index (κ3) is 3.84. The number of hydrogen-bond donors (Lipinski definition) is 0. The minimum absolute atomic E-state index is 0.0694. The third-order valence-electron chi connectivity index (χ3n) is 5.61.